The normalized spacial score (nSPS) is 24.5. The summed E-state index contributed by atoms with van der Waals surface area (Å²) in [6, 6.07) is -0.0822. The predicted octanol–water partition coefficient (Wildman–Crippen LogP) is 0.568. The summed E-state index contributed by atoms with van der Waals surface area (Å²) in [4.78, 5) is 22.4. The Morgan fingerprint density at radius 2 is 2.16 bits per heavy atom. The lowest BCUT2D eigenvalue weighted by molar-refractivity contribution is 0.107. The molecule has 4 N–H and O–H groups in total. The Morgan fingerprint density at radius 3 is 3.00 bits per heavy atom. The second-order valence-electron chi connectivity index (χ2n) is 5.05. The van der Waals surface area contributed by atoms with Gasteiger partial charge in [0, 0.05) is 0 Å². The van der Waals surface area contributed by atoms with Crippen LogP contribution in [0.15, 0.2) is 11.1 Å². The first-order valence-electron chi connectivity index (χ1n) is 6.57. The van der Waals surface area contributed by atoms with E-state index in [1.807, 2.05) is 0 Å². The average molecular weight is 263 g/mol. The third-order valence-electron chi connectivity index (χ3n) is 3.75. The fourth-order valence-electron chi connectivity index (χ4n) is 2.78. The largest absolute Gasteiger partial charge is 0.391 e. The Balaban J connectivity index is 2.11. The first-order valence-corrected chi connectivity index (χ1v) is 6.57. The molecule has 1 fully saturated rings. The van der Waals surface area contributed by atoms with E-state index in [4.69, 9.17) is 5.73 Å². The molecule has 1 aliphatic carbocycles. The van der Waals surface area contributed by atoms with Gasteiger partial charge >= 0.3 is 0 Å². The second-order valence-corrected chi connectivity index (χ2v) is 5.05. The maximum atomic E-state index is 11.7. The Labute approximate surface area is 109 Å². The van der Waals surface area contributed by atoms with E-state index in [-0.39, 0.29) is 23.1 Å². The summed E-state index contributed by atoms with van der Waals surface area (Å²) >= 11 is 0. The predicted molar refractivity (Wildman–Crippen MR) is 70.7 cm³/mol. The van der Waals surface area contributed by atoms with Crippen molar-refractivity contribution in [3.63, 3.8) is 0 Å². The number of anilines is 1. The van der Waals surface area contributed by atoms with Crippen LogP contribution in [0, 0.1) is 0 Å². The molecule has 2 aromatic heterocycles. The summed E-state index contributed by atoms with van der Waals surface area (Å²) in [5, 5.41) is 10.2. The second kappa shape index (κ2) is 4.65. The molecule has 0 saturated heterocycles. The zero-order valence-corrected chi connectivity index (χ0v) is 10.5. The van der Waals surface area contributed by atoms with Gasteiger partial charge in [0.2, 0.25) is 5.95 Å². The molecule has 0 aromatic carbocycles. The smallest absolute Gasteiger partial charge is 0.280 e. The highest BCUT2D eigenvalue weighted by Gasteiger charge is 2.25. The van der Waals surface area contributed by atoms with Crippen molar-refractivity contribution in [1.29, 1.82) is 0 Å². The van der Waals surface area contributed by atoms with Crippen LogP contribution in [0.5, 0.6) is 0 Å². The third-order valence-corrected chi connectivity index (χ3v) is 3.75. The molecule has 1 saturated carbocycles. The summed E-state index contributed by atoms with van der Waals surface area (Å²) in [6.07, 6.45) is 5.98. The van der Waals surface area contributed by atoms with Gasteiger partial charge in [0.25, 0.3) is 5.56 Å². The number of hydrogen-bond acceptors (Lipinski definition) is 5. The van der Waals surface area contributed by atoms with Gasteiger partial charge in [0.1, 0.15) is 0 Å². The minimum atomic E-state index is -0.429. The molecule has 7 heteroatoms. The molecule has 2 aromatic rings. The number of fused-ring (bicyclic) bond motifs is 1. The van der Waals surface area contributed by atoms with E-state index in [2.05, 4.69) is 15.0 Å². The Hall–Kier alpha value is -1.89. The fourth-order valence-corrected chi connectivity index (χ4v) is 2.78. The van der Waals surface area contributed by atoms with Gasteiger partial charge in [-0.25, -0.2) is 4.98 Å². The first kappa shape index (κ1) is 12.2. The van der Waals surface area contributed by atoms with Crippen molar-refractivity contribution >= 4 is 17.1 Å². The summed E-state index contributed by atoms with van der Waals surface area (Å²) in [7, 11) is 0. The van der Waals surface area contributed by atoms with Crippen molar-refractivity contribution in [3.05, 3.63) is 16.7 Å². The summed E-state index contributed by atoms with van der Waals surface area (Å²) < 4.78 is 1.79. The maximum Gasteiger partial charge on any atom is 0.280 e. The molecular weight excluding hydrogens is 246 g/mol. The van der Waals surface area contributed by atoms with E-state index in [0.29, 0.717) is 5.65 Å². The van der Waals surface area contributed by atoms with Crippen LogP contribution in [0.4, 0.5) is 5.95 Å². The highest BCUT2D eigenvalue weighted by Crippen LogP contribution is 2.29. The van der Waals surface area contributed by atoms with E-state index in [9.17, 15) is 9.90 Å². The SMILES string of the molecule is Nc1nc2c(ncn2[C@H]2CCCCC[C@H]2O)c(=O)[nH]1. The van der Waals surface area contributed by atoms with Crippen molar-refractivity contribution in [2.45, 2.75) is 44.2 Å². The lowest BCUT2D eigenvalue weighted by atomic mass is 10.1. The number of nitrogens with zero attached hydrogens (tertiary/aromatic N) is 3. The van der Waals surface area contributed by atoms with Crippen molar-refractivity contribution in [2.75, 3.05) is 5.73 Å². The van der Waals surface area contributed by atoms with Crippen molar-refractivity contribution in [3.8, 4) is 0 Å². The third kappa shape index (κ3) is 2.10. The van der Waals surface area contributed by atoms with Gasteiger partial charge in [-0.3, -0.25) is 9.78 Å². The zero-order valence-electron chi connectivity index (χ0n) is 10.5. The number of nitrogens with one attached hydrogen (secondary N) is 1. The number of aliphatic hydroxyl groups excluding tert-OH is 1. The van der Waals surface area contributed by atoms with Gasteiger partial charge in [0.15, 0.2) is 11.2 Å². The topological polar surface area (TPSA) is 110 Å². The number of aromatic amines is 1. The number of nitrogens with two attached hydrogens (primary N) is 1. The van der Waals surface area contributed by atoms with Crippen molar-refractivity contribution < 1.29 is 5.11 Å². The quantitative estimate of drug-likeness (QED) is 0.651. The van der Waals surface area contributed by atoms with Crippen LogP contribution in [-0.2, 0) is 0 Å². The van der Waals surface area contributed by atoms with Crippen molar-refractivity contribution in [1.82, 2.24) is 19.5 Å². The lowest BCUT2D eigenvalue weighted by Gasteiger charge is -2.22. The van der Waals surface area contributed by atoms with Crippen LogP contribution >= 0.6 is 0 Å². The molecule has 2 atom stereocenters. The zero-order chi connectivity index (χ0) is 13.4. The van der Waals surface area contributed by atoms with Crippen LogP contribution in [0.2, 0.25) is 0 Å². The summed E-state index contributed by atoms with van der Waals surface area (Å²) in [5.74, 6) is 0.0716. The standard InChI is InChI=1S/C12H17N5O2/c13-12-15-10-9(11(19)16-12)14-6-17(10)7-4-2-1-3-5-8(7)18/h6-8,18H,1-5H2,(H3,13,15,16,19)/t7-,8+/m0/s1. The van der Waals surface area contributed by atoms with Crippen LogP contribution in [0.3, 0.4) is 0 Å². The molecule has 102 valence electrons. The van der Waals surface area contributed by atoms with Crippen LogP contribution < -0.4 is 11.3 Å². The molecule has 0 radical (unpaired) electrons. The van der Waals surface area contributed by atoms with Crippen LogP contribution in [-0.4, -0.2) is 30.7 Å². The molecule has 19 heavy (non-hydrogen) atoms. The molecule has 2 heterocycles. The molecule has 3 rings (SSSR count). The van der Waals surface area contributed by atoms with Gasteiger partial charge in [-0.15, -0.1) is 0 Å². The summed E-state index contributed by atoms with van der Waals surface area (Å²) in [5.41, 5.74) is 5.95. The highest BCUT2D eigenvalue weighted by molar-refractivity contribution is 5.70. The average Bonchev–Trinajstić information content (AvgIpc) is 2.66. The first-order chi connectivity index (χ1) is 9.16. The molecule has 0 spiro atoms. The molecule has 1 aliphatic rings. The molecule has 0 aliphatic heterocycles. The molecular formula is C12H17N5O2. The number of hydrogen-bond donors (Lipinski definition) is 3. The number of rotatable bonds is 1. The van der Waals surface area contributed by atoms with Crippen LogP contribution in [0.25, 0.3) is 11.2 Å². The molecule has 7 nitrogen and oxygen atoms in total. The highest BCUT2D eigenvalue weighted by atomic mass is 16.3. The van der Waals surface area contributed by atoms with E-state index < -0.39 is 6.10 Å². The Bertz CT molecular complexity index is 647. The van der Waals surface area contributed by atoms with E-state index >= 15 is 0 Å². The van der Waals surface area contributed by atoms with Crippen LogP contribution in [0.1, 0.15) is 38.1 Å². The summed E-state index contributed by atoms with van der Waals surface area (Å²) in [6.45, 7) is 0. The Kier molecular flexibility index (Phi) is 2.98. The molecule has 0 bridgehead atoms. The number of nitrogen functional groups attached to an aromatic ring is 1. The van der Waals surface area contributed by atoms with Crippen molar-refractivity contribution in [2.24, 2.45) is 0 Å². The number of imidazole rings is 1. The number of aromatic nitrogens is 4. The Morgan fingerprint density at radius 1 is 1.37 bits per heavy atom. The lowest BCUT2D eigenvalue weighted by Crippen LogP contribution is -2.23. The fraction of sp³-hybridized carbons (Fsp3) is 0.583. The minimum absolute atomic E-state index is 0.0716. The van der Waals surface area contributed by atoms with Gasteiger partial charge in [-0.05, 0) is 12.8 Å². The van der Waals surface area contributed by atoms with Gasteiger partial charge in [-0.1, -0.05) is 19.3 Å². The number of H-pyrrole nitrogens is 1. The van der Waals surface area contributed by atoms with E-state index in [0.717, 1.165) is 32.1 Å². The maximum absolute atomic E-state index is 11.7. The van der Waals surface area contributed by atoms with E-state index in [1.54, 1.807) is 10.9 Å². The van der Waals surface area contributed by atoms with Gasteiger partial charge < -0.3 is 15.4 Å². The monoisotopic (exact) mass is 263 g/mol. The minimum Gasteiger partial charge on any atom is -0.391 e. The van der Waals surface area contributed by atoms with Gasteiger partial charge in [0.05, 0.1) is 18.5 Å². The van der Waals surface area contributed by atoms with E-state index in [1.165, 1.54) is 0 Å². The molecule has 0 unspecified atom stereocenters. The number of aliphatic hydroxyl groups is 1. The van der Waals surface area contributed by atoms with Gasteiger partial charge in [-0.2, -0.15) is 4.98 Å². The molecule has 0 amide bonds.